The van der Waals surface area contributed by atoms with Gasteiger partial charge in [0.05, 0.1) is 5.69 Å². The van der Waals surface area contributed by atoms with Crippen molar-refractivity contribution in [3.05, 3.63) is 53.7 Å². The quantitative estimate of drug-likeness (QED) is 0.828. The Balaban J connectivity index is 1.67. The Morgan fingerprint density at radius 3 is 3.11 bits per heavy atom. The first-order chi connectivity index (χ1) is 9.36. The second-order valence-corrected chi connectivity index (χ2v) is 5.18. The summed E-state index contributed by atoms with van der Waals surface area (Å²) in [5.74, 6) is 1.23. The van der Waals surface area contributed by atoms with E-state index in [1.54, 1.807) is 0 Å². The molecule has 0 fully saturated rings. The number of aryl methyl sites for hydroxylation is 1. The average Bonchev–Trinajstić information content (AvgIpc) is 2.66. The Kier molecular flexibility index (Phi) is 3.65. The highest BCUT2D eigenvalue weighted by molar-refractivity contribution is 5.27. The van der Waals surface area contributed by atoms with Gasteiger partial charge in [-0.05, 0) is 12.0 Å². The van der Waals surface area contributed by atoms with Crippen LogP contribution in [0.1, 0.15) is 24.9 Å². The molecule has 3 nitrogen and oxygen atoms in total. The van der Waals surface area contributed by atoms with Gasteiger partial charge in [0.2, 0.25) is 0 Å². The number of imidazole rings is 1. The van der Waals surface area contributed by atoms with E-state index in [0.29, 0.717) is 0 Å². The minimum atomic E-state index is 1.02. The minimum Gasteiger partial charge on any atom is -0.330 e. The Morgan fingerprint density at radius 2 is 2.21 bits per heavy atom. The number of hydrogen-bond acceptors (Lipinski definition) is 2. The molecule has 2 heterocycles. The topological polar surface area (TPSA) is 21.1 Å². The van der Waals surface area contributed by atoms with Crippen molar-refractivity contribution in [3.8, 4) is 0 Å². The number of allylic oxidation sites excluding steroid dienone is 4. The fourth-order valence-electron chi connectivity index (χ4n) is 2.82. The zero-order valence-corrected chi connectivity index (χ0v) is 11.5. The summed E-state index contributed by atoms with van der Waals surface area (Å²) in [5.41, 5.74) is 2.79. The van der Waals surface area contributed by atoms with Crippen LogP contribution in [0.3, 0.4) is 0 Å². The van der Waals surface area contributed by atoms with Gasteiger partial charge in [-0.25, -0.2) is 4.98 Å². The van der Waals surface area contributed by atoms with Crippen molar-refractivity contribution in [1.29, 1.82) is 0 Å². The highest BCUT2D eigenvalue weighted by Gasteiger charge is 2.18. The van der Waals surface area contributed by atoms with Gasteiger partial charge in [0.1, 0.15) is 5.82 Å². The molecule has 1 aliphatic heterocycles. The van der Waals surface area contributed by atoms with Crippen molar-refractivity contribution in [2.24, 2.45) is 0 Å². The van der Waals surface area contributed by atoms with Gasteiger partial charge in [0.15, 0.2) is 0 Å². The van der Waals surface area contributed by atoms with Crippen LogP contribution in [-0.4, -0.2) is 27.5 Å². The third-order valence-electron chi connectivity index (χ3n) is 3.84. The third kappa shape index (κ3) is 2.71. The van der Waals surface area contributed by atoms with Crippen LogP contribution >= 0.6 is 0 Å². The number of fused-ring (bicyclic) bond motifs is 1. The minimum absolute atomic E-state index is 1.02. The molecule has 1 aromatic heterocycles. The summed E-state index contributed by atoms with van der Waals surface area (Å²) in [7, 11) is 0. The van der Waals surface area contributed by atoms with Crippen molar-refractivity contribution in [2.75, 3.05) is 13.1 Å². The fourth-order valence-corrected chi connectivity index (χ4v) is 2.82. The van der Waals surface area contributed by atoms with Gasteiger partial charge in [-0.3, -0.25) is 4.90 Å². The molecule has 0 saturated carbocycles. The monoisotopic (exact) mass is 255 g/mol. The predicted molar refractivity (Wildman–Crippen MR) is 77.9 cm³/mol. The number of rotatable bonds is 3. The lowest BCUT2D eigenvalue weighted by molar-refractivity contribution is 0.238. The van der Waals surface area contributed by atoms with Gasteiger partial charge >= 0.3 is 0 Å². The molecule has 0 aromatic carbocycles. The van der Waals surface area contributed by atoms with Gasteiger partial charge in [-0.15, -0.1) is 0 Å². The normalized spacial score (nSPS) is 19.1. The van der Waals surface area contributed by atoms with E-state index in [1.165, 1.54) is 17.1 Å². The summed E-state index contributed by atoms with van der Waals surface area (Å²) in [6.07, 6.45) is 15.1. The van der Waals surface area contributed by atoms with Gasteiger partial charge in [0, 0.05) is 38.8 Å². The number of aromatic nitrogens is 2. The fraction of sp³-hybridized carbons (Fsp3) is 0.438. The molecule has 3 rings (SSSR count). The zero-order valence-electron chi connectivity index (χ0n) is 11.5. The molecule has 0 atom stereocenters. The molecule has 0 N–H and O–H groups in total. The molecular weight excluding hydrogens is 234 g/mol. The maximum Gasteiger partial charge on any atom is 0.108 e. The Morgan fingerprint density at radius 1 is 1.26 bits per heavy atom. The van der Waals surface area contributed by atoms with Crippen molar-refractivity contribution >= 4 is 0 Å². The van der Waals surface area contributed by atoms with Gasteiger partial charge in [-0.2, -0.15) is 0 Å². The Hall–Kier alpha value is -1.61. The Bertz CT molecular complexity index is 534. The van der Waals surface area contributed by atoms with E-state index in [-0.39, 0.29) is 0 Å². The first-order valence-electron chi connectivity index (χ1n) is 7.14. The molecule has 1 aliphatic carbocycles. The summed E-state index contributed by atoms with van der Waals surface area (Å²) in [6, 6.07) is 0. The highest BCUT2D eigenvalue weighted by atomic mass is 15.2. The van der Waals surface area contributed by atoms with Crippen LogP contribution in [-0.2, 0) is 19.5 Å². The molecule has 0 radical (unpaired) electrons. The van der Waals surface area contributed by atoms with Crippen LogP contribution < -0.4 is 0 Å². The zero-order chi connectivity index (χ0) is 13.1. The molecule has 0 spiro atoms. The Labute approximate surface area is 114 Å². The lowest BCUT2D eigenvalue weighted by Crippen LogP contribution is -2.35. The molecule has 0 unspecified atom stereocenters. The SMILES string of the molecule is CCc1ncc2n1CCN(CC1=CCC=CC=C1)C2. The van der Waals surface area contributed by atoms with E-state index < -0.39 is 0 Å². The molecule has 19 heavy (non-hydrogen) atoms. The second-order valence-electron chi connectivity index (χ2n) is 5.18. The molecule has 3 heteroatoms. The van der Waals surface area contributed by atoms with Crippen LogP contribution in [0.5, 0.6) is 0 Å². The molecule has 0 bridgehead atoms. The van der Waals surface area contributed by atoms with Crippen molar-refractivity contribution in [3.63, 3.8) is 0 Å². The lowest BCUT2D eigenvalue weighted by atomic mass is 10.2. The van der Waals surface area contributed by atoms with Crippen LogP contribution in [0.25, 0.3) is 0 Å². The first kappa shape index (κ1) is 12.4. The third-order valence-corrected chi connectivity index (χ3v) is 3.84. The van der Waals surface area contributed by atoms with E-state index in [2.05, 4.69) is 51.8 Å². The summed E-state index contributed by atoms with van der Waals surface area (Å²) < 4.78 is 2.38. The molecule has 100 valence electrons. The molecule has 0 saturated heterocycles. The molecule has 0 amide bonds. The van der Waals surface area contributed by atoms with Gasteiger partial charge in [0.25, 0.3) is 0 Å². The summed E-state index contributed by atoms with van der Waals surface area (Å²) >= 11 is 0. The van der Waals surface area contributed by atoms with Crippen LogP contribution in [0, 0.1) is 0 Å². The van der Waals surface area contributed by atoms with E-state index in [1.807, 2.05) is 6.20 Å². The average molecular weight is 255 g/mol. The van der Waals surface area contributed by atoms with E-state index in [0.717, 1.165) is 39.0 Å². The standard InChI is InChI=1S/C16H21N3/c1-2-16-17-11-15-13-18(9-10-19(15)16)12-14-7-5-3-4-6-8-14/h3-5,7-8,11H,2,6,9-10,12-13H2,1H3. The second kappa shape index (κ2) is 5.57. The van der Waals surface area contributed by atoms with Crippen LogP contribution in [0.2, 0.25) is 0 Å². The number of nitrogens with zero attached hydrogens (tertiary/aromatic N) is 3. The molecular formula is C16H21N3. The smallest absolute Gasteiger partial charge is 0.108 e. The van der Waals surface area contributed by atoms with Crippen molar-refractivity contribution in [1.82, 2.24) is 14.5 Å². The van der Waals surface area contributed by atoms with Crippen LogP contribution in [0.15, 0.2) is 42.2 Å². The summed E-state index contributed by atoms with van der Waals surface area (Å²) in [6.45, 7) is 6.44. The largest absolute Gasteiger partial charge is 0.330 e. The lowest BCUT2D eigenvalue weighted by Gasteiger charge is -2.29. The van der Waals surface area contributed by atoms with E-state index >= 15 is 0 Å². The summed E-state index contributed by atoms with van der Waals surface area (Å²) in [4.78, 5) is 7.02. The maximum atomic E-state index is 4.51. The summed E-state index contributed by atoms with van der Waals surface area (Å²) in [5, 5.41) is 0. The van der Waals surface area contributed by atoms with Crippen molar-refractivity contribution < 1.29 is 0 Å². The van der Waals surface area contributed by atoms with E-state index in [4.69, 9.17) is 0 Å². The van der Waals surface area contributed by atoms with Crippen molar-refractivity contribution in [2.45, 2.75) is 32.9 Å². The first-order valence-corrected chi connectivity index (χ1v) is 7.14. The maximum absolute atomic E-state index is 4.51. The number of hydrogen-bond donors (Lipinski definition) is 0. The highest BCUT2D eigenvalue weighted by Crippen LogP contribution is 2.17. The van der Waals surface area contributed by atoms with E-state index in [9.17, 15) is 0 Å². The molecule has 1 aromatic rings. The van der Waals surface area contributed by atoms with Gasteiger partial charge in [-0.1, -0.05) is 37.3 Å². The molecule has 2 aliphatic rings. The van der Waals surface area contributed by atoms with Gasteiger partial charge < -0.3 is 4.57 Å². The van der Waals surface area contributed by atoms with Crippen LogP contribution in [0.4, 0.5) is 0 Å². The predicted octanol–water partition coefficient (Wildman–Crippen LogP) is 2.70.